The topological polar surface area (TPSA) is 65.9 Å². The van der Waals surface area contributed by atoms with Gasteiger partial charge in [-0.3, -0.25) is 0 Å². The second kappa shape index (κ2) is 12.5. The van der Waals surface area contributed by atoms with Gasteiger partial charge in [-0.15, -0.1) is 24.0 Å². The molecule has 1 aromatic carbocycles. The number of hydrogen-bond acceptors (Lipinski definition) is 5. The Labute approximate surface area is 190 Å². The maximum atomic E-state index is 5.73. The van der Waals surface area contributed by atoms with E-state index in [1.54, 1.807) is 12.4 Å². The summed E-state index contributed by atoms with van der Waals surface area (Å²) in [6, 6.07) is 10.0. The Balaban J connectivity index is 0.00000300. The first-order chi connectivity index (χ1) is 13.8. The van der Waals surface area contributed by atoms with Crippen LogP contribution in [-0.2, 0) is 6.54 Å². The van der Waals surface area contributed by atoms with E-state index in [0.29, 0.717) is 6.54 Å². The Morgan fingerprint density at radius 1 is 1.10 bits per heavy atom. The van der Waals surface area contributed by atoms with E-state index >= 15 is 0 Å². The monoisotopic (exact) mass is 510 g/mol. The zero-order valence-electron chi connectivity index (χ0n) is 17.3. The highest BCUT2D eigenvalue weighted by Crippen LogP contribution is 2.15. The maximum Gasteiger partial charge on any atom is 0.225 e. The summed E-state index contributed by atoms with van der Waals surface area (Å²) < 4.78 is 5.73. The molecule has 1 aromatic heterocycles. The lowest BCUT2D eigenvalue weighted by Gasteiger charge is -2.36. The molecule has 3 rings (SSSR count). The Hall–Kier alpha value is -2.10. The second-order valence-corrected chi connectivity index (χ2v) is 6.69. The van der Waals surface area contributed by atoms with Crippen molar-refractivity contribution >= 4 is 35.9 Å². The van der Waals surface area contributed by atoms with Gasteiger partial charge in [0, 0.05) is 45.1 Å². The third kappa shape index (κ3) is 7.02. The van der Waals surface area contributed by atoms with Crippen LogP contribution < -0.4 is 15.0 Å². The lowest BCUT2D eigenvalue weighted by atomic mass is 10.2. The predicted molar refractivity (Wildman–Crippen MR) is 128 cm³/mol. The number of benzene rings is 1. The Morgan fingerprint density at radius 2 is 1.86 bits per heavy atom. The molecule has 0 spiro atoms. The molecule has 0 aliphatic carbocycles. The maximum absolute atomic E-state index is 5.73. The predicted octanol–water partition coefficient (Wildman–Crippen LogP) is 3.17. The van der Waals surface area contributed by atoms with Crippen LogP contribution in [0.5, 0.6) is 5.75 Å². The fourth-order valence-corrected chi connectivity index (χ4v) is 3.12. The molecule has 1 aliphatic rings. The number of anilines is 1. The van der Waals surface area contributed by atoms with Crippen molar-refractivity contribution in [3.8, 4) is 5.75 Å². The van der Waals surface area contributed by atoms with Gasteiger partial charge in [-0.2, -0.15) is 0 Å². The van der Waals surface area contributed by atoms with Crippen molar-refractivity contribution in [1.82, 2.24) is 20.2 Å². The normalized spacial score (nSPS) is 14.3. The van der Waals surface area contributed by atoms with E-state index in [2.05, 4.69) is 51.1 Å². The van der Waals surface area contributed by atoms with Crippen LogP contribution in [0.4, 0.5) is 5.95 Å². The minimum atomic E-state index is 0. The van der Waals surface area contributed by atoms with Crippen LogP contribution in [0, 0.1) is 0 Å². The molecule has 0 bridgehead atoms. The van der Waals surface area contributed by atoms with Crippen LogP contribution in [0.15, 0.2) is 47.7 Å². The molecule has 1 aliphatic heterocycles. The van der Waals surface area contributed by atoms with E-state index in [1.807, 2.05) is 18.2 Å². The van der Waals surface area contributed by atoms with Gasteiger partial charge in [0.15, 0.2) is 5.96 Å². The minimum absolute atomic E-state index is 0. The van der Waals surface area contributed by atoms with Gasteiger partial charge in [-0.05, 0) is 37.1 Å². The van der Waals surface area contributed by atoms with Crippen molar-refractivity contribution in [2.75, 3.05) is 44.2 Å². The van der Waals surface area contributed by atoms with Crippen molar-refractivity contribution in [2.45, 2.75) is 26.8 Å². The molecule has 8 heteroatoms. The SMILES string of the molecule is CCCOc1cccc(CN=C(NCC)N2CCN(c3ncccn3)CC2)c1.I. The molecule has 2 aromatic rings. The van der Waals surface area contributed by atoms with Crippen LogP contribution in [0.3, 0.4) is 0 Å². The van der Waals surface area contributed by atoms with Gasteiger partial charge in [0.25, 0.3) is 0 Å². The van der Waals surface area contributed by atoms with Gasteiger partial charge in [0.05, 0.1) is 13.2 Å². The first kappa shape index (κ1) is 23.2. The summed E-state index contributed by atoms with van der Waals surface area (Å²) in [4.78, 5) is 18.1. The molecule has 29 heavy (non-hydrogen) atoms. The Bertz CT molecular complexity index is 750. The van der Waals surface area contributed by atoms with E-state index in [4.69, 9.17) is 9.73 Å². The Kier molecular flexibility index (Phi) is 9.96. The van der Waals surface area contributed by atoms with Crippen LogP contribution in [0.2, 0.25) is 0 Å². The number of ether oxygens (including phenoxy) is 1. The average Bonchev–Trinajstić information content (AvgIpc) is 2.76. The van der Waals surface area contributed by atoms with Gasteiger partial charge in [-0.25, -0.2) is 15.0 Å². The molecule has 7 nitrogen and oxygen atoms in total. The summed E-state index contributed by atoms with van der Waals surface area (Å²) >= 11 is 0. The third-order valence-electron chi connectivity index (χ3n) is 4.53. The molecule has 2 heterocycles. The number of guanidine groups is 1. The molecule has 158 valence electrons. The zero-order chi connectivity index (χ0) is 19.6. The molecule has 0 unspecified atom stereocenters. The summed E-state index contributed by atoms with van der Waals surface area (Å²) in [7, 11) is 0. The van der Waals surface area contributed by atoms with Gasteiger partial charge in [-0.1, -0.05) is 19.1 Å². The van der Waals surface area contributed by atoms with E-state index in [1.165, 1.54) is 0 Å². The van der Waals surface area contributed by atoms with Gasteiger partial charge < -0.3 is 19.9 Å². The van der Waals surface area contributed by atoms with E-state index < -0.39 is 0 Å². The zero-order valence-corrected chi connectivity index (χ0v) is 19.6. The van der Waals surface area contributed by atoms with Crippen LogP contribution in [0.1, 0.15) is 25.8 Å². The van der Waals surface area contributed by atoms with Crippen molar-refractivity contribution in [3.63, 3.8) is 0 Å². The quantitative estimate of drug-likeness (QED) is 0.351. The number of piperazine rings is 1. The highest BCUT2D eigenvalue weighted by Gasteiger charge is 2.21. The fourth-order valence-electron chi connectivity index (χ4n) is 3.12. The van der Waals surface area contributed by atoms with Crippen molar-refractivity contribution in [2.24, 2.45) is 4.99 Å². The largest absolute Gasteiger partial charge is 0.494 e. The fraction of sp³-hybridized carbons (Fsp3) is 0.476. The third-order valence-corrected chi connectivity index (χ3v) is 4.53. The van der Waals surface area contributed by atoms with Crippen LogP contribution in [0.25, 0.3) is 0 Å². The number of nitrogens with zero attached hydrogens (tertiary/aromatic N) is 5. The molecule has 0 amide bonds. The highest BCUT2D eigenvalue weighted by atomic mass is 127. The molecular weight excluding hydrogens is 479 g/mol. The summed E-state index contributed by atoms with van der Waals surface area (Å²) in [5.74, 6) is 2.67. The van der Waals surface area contributed by atoms with E-state index in [-0.39, 0.29) is 24.0 Å². The Morgan fingerprint density at radius 3 is 2.55 bits per heavy atom. The second-order valence-electron chi connectivity index (χ2n) is 6.69. The summed E-state index contributed by atoms with van der Waals surface area (Å²) in [6.45, 7) is 9.99. The number of halogens is 1. The van der Waals surface area contributed by atoms with Gasteiger partial charge >= 0.3 is 0 Å². The van der Waals surface area contributed by atoms with Gasteiger partial charge in [0.2, 0.25) is 5.95 Å². The standard InChI is InChI=1S/C21H30N6O.HI/c1-3-15-28-19-8-5-7-18(16-19)17-25-20(22-4-2)26-11-13-27(14-12-26)21-23-9-6-10-24-21;/h5-10,16H,3-4,11-15,17H2,1-2H3,(H,22,25);1H. The number of nitrogens with one attached hydrogen (secondary N) is 1. The van der Waals surface area contributed by atoms with Crippen molar-refractivity contribution in [3.05, 3.63) is 48.3 Å². The van der Waals surface area contributed by atoms with Crippen LogP contribution >= 0.6 is 24.0 Å². The molecule has 1 fully saturated rings. The minimum Gasteiger partial charge on any atom is -0.494 e. The van der Waals surface area contributed by atoms with Gasteiger partial charge in [0.1, 0.15) is 5.75 Å². The van der Waals surface area contributed by atoms with Crippen LogP contribution in [-0.4, -0.2) is 60.2 Å². The molecule has 1 saturated heterocycles. The number of aliphatic imine (C=N–C) groups is 1. The van der Waals surface area contributed by atoms with E-state index in [0.717, 1.165) is 69.0 Å². The summed E-state index contributed by atoms with van der Waals surface area (Å²) in [6.07, 6.45) is 4.59. The first-order valence-electron chi connectivity index (χ1n) is 10.1. The number of aromatic nitrogens is 2. The molecule has 0 saturated carbocycles. The molecule has 0 atom stereocenters. The van der Waals surface area contributed by atoms with Crippen molar-refractivity contribution in [1.29, 1.82) is 0 Å². The molecular formula is C21H31IN6O. The first-order valence-corrected chi connectivity index (χ1v) is 10.1. The number of hydrogen-bond donors (Lipinski definition) is 1. The number of rotatable bonds is 7. The van der Waals surface area contributed by atoms with E-state index in [9.17, 15) is 0 Å². The summed E-state index contributed by atoms with van der Waals surface area (Å²) in [5, 5.41) is 3.42. The lowest BCUT2D eigenvalue weighted by Crippen LogP contribution is -2.52. The summed E-state index contributed by atoms with van der Waals surface area (Å²) in [5.41, 5.74) is 1.15. The molecule has 0 radical (unpaired) electrons. The smallest absolute Gasteiger partial charge is 0.225 e. The highest BCUT2D eigenvalue weighted by molar-refractivity contribution is 14.0. The average molecular weight is 510 g/mol. The van der Waals surface area contributed by atoms with Crippen molar-refractivity contribution < 1.29 is 4.74 Å². The molecule has 1 N–H and O–H groups in total. The lowest BCUT2D eigenvalue weighted by molar-refractivity contribution is 0.317.